The molecule has 1 unspecified atom stereocenters. The van der Waals surface area contributed by atoms with Crippen molar-refractivity contribution < 1.29 is 14.3 Å². The zero-order valence-corrected chi connectivity index (χ0v) is 9.68. The summed E-state index contributed by atoms with van der Waals surface area (Å²) < 4.78 is 9.94. The minimum Gasteiger partial charge on any atom is -0.465 e. The van der Waals surface area contributed by atoms with Crippen LogP contribution in [-0.2, 0) is 9.47 Å². The van der Waals surface area contributed by atoms with Crippen molar-refractivity contribution in [2.75, 3.05) is 26.1 Å². The minimum atomic E-state index is -0.519. The second-order valence-electron chi connectivity index (χ2n) is 3.93. The number of hydrogen-bond donors (Lipinski definition) is 1. The molecule has 1 aromatic rings. The number of carbonyl (C=O) groups is 1. The maximum atomic E-state index is 11.3. The Balaban J connectivity index is 2.20. The molecule has 0 bridgehead atoms. The zero-order valence-electron chi connectivity index (χ0n) is 9.68. The van der Waals surface area contributed by atoms with E-state index in [4.69, 9.17) is 10.5 Å². The normalized spacial score (nSPS) is 19.9. The van der Waals surface area contributed by atoms with Crippen molar-refractivity contribution in [3.63, 3.8) is 0 Å². The van der Waals surface area contributed by atoms with Crippen LogP contribution in [0.5, 0.6) is 0 Å². The first-order valence-electron chi connectivity index (χ1n) is 5.51. The fourth-order valence-corrected chi connectivity index (χ4v) is 1.82. The summed E-state index contributed by atoms with van der Waals surface area (Å²) in [5, 5.41) is 0. The molecule has 1 aliphatic heterocycles. The topological polar surface area (TPSA) is 87.3 Å². The first-order valence-corrected chi connectivity index (χ1v) is 5.51. The lowest BCUT2D eigenvalue weighted by Crippen LogP contribution is -2.19. The van der Waals surface area contributed by atoms with E-state index in [0.29, 0.717) is 12.4 Å². The number of nitrogens with zero attached hydrogens (tertiary/aromatic N) is 2. The third-order valence-corrected chi connectivity index (χ3v) is 2.77. The molecule has 1 aliphatic rings. The molecule has 0 amide bonds. The molecular weight excluding hydrogens is 222 g/mol. The summed E-state index contributed by atoms with van der Waals surface area (Å²) in [5.74, 6) is 0.439. The number of methoxy groups -OCH3 is 1. The van der Waals surface area contributed by atoms with Crippen LogP contribution < -0.4 is 5.73 Å². The first-order chi connectivity index (χ1) is 8.22. The number of nitrogen functional groups attached to an aromatic ring is 1. The monoisotopic (exact) mass is 237 g/mol. The Bertz CT molecular complexity index is 416. The van der Waals surface area contributed by atoms with Crippen LogP contribution in [0.1, 0.15) is 34.9 Å². The maximum absolute atomic E-state index is 11.3. The number of rotatable bonds is 2. The highest BCUT2D eigenvalue weighted by atomic mass is 16.5. The number of ether oxygens (including phenoxy) is 2. The number of nitrogens with two attached hydrogens (primary N) is 1. The van der Waals surface area contributed by atoms with Crippen molar-refractivity contribution in [2.24, 2.45) is 0 Å². The predicted molar refractivity (Wildman–Crippen MR) is 60.6 cm³/mol. The van der Waals surface area contributed by atoms with Gasteiger partial charge in [0, 0.05) is 18.7 Å². The molecule has 17 heavy (non-hydrogen) atoms. The number of carbonyl (C=O) groups excluding carboxylic acids is 1. The molecule has 0 radical (unpaired) electrons. The summed E-state index contributed by atoms with van der Waals surface area (Å²) in [7, 11) is 1.30. The van der Waals surface area contributed by atoms with Crippen molar-refractivity contribution >= 4 is 11.8 Å². The van der Waals surface area contributed by atoms with Gasteiger partial charge >= 0.3 is 5.97 Å². The highest BCUT2D eigenvalue weighted by molar-refractivity contribution is 5.93. The van der Waals surface area contributed by atoms with Gasteiger partial charge in [0.25, 0.3) is 0 Å². The lowest BCUT2D eigenvalue weighted by atomic mass is 10.0. The van der Waals surface area contributed by atoms with Gasteiger partial charge in [0.2, 0.25) is 0 Å². The van der Waals surface area contributed by atoms with Gasteiger partial charge in [0.1, 0.15) is 17.2 Å². The molecule has 2 rings (SSSR count). The summed E-state index contributed by atoms with van der Waals surface area (Å²) in [4.78, 5) is 19.6. The summed E-state index contributed by atoms with van der Waals surface area (Å²) in [6.07, 6.45) is 3.39. The van der Waals surface area contributed by atoms with Gasteiger partial charge in [-0.15, -0.1) is 0 Å². The van der Waals surface area contributed by atoms with E-state index in [0.717, 1.165) is 19.4 Å². The van der Waals surface area contributed by atoms with Crippen molar-refractivity contribution in [2.45, 2.75) is 18.8 Å². The Morgan fingerprint density at radius 2 is 2.47 bits per heavy atom. The van der Waals surface area contributed by atoms with Crippen LogP contribution >= 0.6 is 0 Å². The van der Waals surface area contributed by atoms with Gasteiger partial charge in [-0.1, -0.05) is 0 Å². The lowest BCUT2D eigenvalue weighted by Gasteiger charge is -2.20. The van der Waals surface area contributed by atoms with Crippen molar-refractivity contribution in [3.8, 4) is 0 Å². The molecule has 0 spiro atoms. The van der Waals surface area contributed by atoms with Gasteiger partial charge in [-0.25, -0.2) is 14.8 Å². The fourth-order valence-electron chi connectivity index (χ4n) is 1.82. The minimum absolute atomic E-state index is 0.160. The van der Waals surface area contributed by atoms with E-state index in [-0.39, 0.29) is 17.3 Å². The standard InChI is InChI=1S/C11H15N3O3/c1-16-11(15)8-5-13-10(14-9(8)12)7-3-2-4-17-6-7/h5,7H,2-4,6H2,1H3,(H2,12,13,14). The zero-order chi connectivity index (χ0) is 12.3. The van der Waals surface area contributed by atoms with E-state index in [1.165, 1.54) is 13.3 Å². The smallest absolute Gasteiger partial charge is 0.343 e. The van der Waals surface area contributed by atoms with Gasteiger partial charge in [0.15, 0.2) is 0 Å². The lowest BCUT2D eigenvalue weighted by molar-refractivity contribution is 0.0600. The second kappa shape index (κ2) is 5.09. The van der Waals surface area contributed by atoms with Crippen LogP contribution in [0.2, 0.25) is 0 Å². The molecule has 1 saturated heterocycles. The summed E-state index contributed by atoms with van der Waals surface area (Å²) in [6.45, 7) is 1.39. The molecule has 1 fully saturated rings. The molecule has 0 aliphatic carbocycles. The quantitative estimate of drug-likeness (QED) is 0.763. The largest absolute Gasteiger partial charge is 0.465 e. The van der Waals surface area contributed by atoms with Crippen molar-refractivity contribution in [1.29, 1.82) is 0 Å². The molecule has 2 N–H and O–H groups in total. The Morgan fingerprint density at radius 1 is 1.65 bits per heavy atom. The van der Waals surface area contributed by atoms with Crippen LogP contribution in [0.4, 0.5) is 5.82 Å². The molecule has 0 saturated carbocycles. The maximum Gasteiger partial charge on any atom is 0.343 e. The third kappa shape index (κ3) is 2.52. The highest BCUT2D eigenvalue weighted by Crippen LogP contribution is 2.23. The third-order valence-electron chi connectivity index (χ3n) is 2.77. The fraction of sp³-hybridized carbons (Fsp3) is 0.545. The Hall–Kier alpha value is -1.69. The number of anilines is 1. The van der Waals surface area contributed by atoms with Crippen LogP contribution in [0.3, 0.4) is 0 Å². The molecule has 6 nitrogen and oxygen atoms in total. The summed E-state index contributed by atoms with van der Waals surface area (Å²) >= 11 is 0. The van der Waals surface area contributed by atoms with Gasteiger partial charge in [-0.05, 0) is 12.8 Å². The van der Waals surface area contributed by atoms with E-state index in [9.17, 15) is 4.79 Å². The van der Waals surface area contributed by atoms with Gasteiger partial charge in [-0.2, -0.15) is 0 Å². The van der Waals surface area contributed by atoms with Gasteiger partial charge in [-0.3, -0.25) is 0 Å². The molecule has 2 heterocycles. The van der Waals surface area contributed by atoms with E-state index >= 15 is 0 Å². The van der Waals surface area contributed by atoms with Crippen molar-refractivity contribution in [3.05, 3.63) is 17.6 Å². The highest BCUT2D eigenvalue weighted by Gasteiger charge is 2.21. The van der Waals surface area contributed by atoms with Crippen LogP contribution in [0.25, 0.3) is 0 Å². The first kappa shape index (κ1) is 11.8. The Kier molecular flexibility index (Phi) is 3.53. The average Bonchev–Trinajstić information content (AvgIpc) is 2.39. The molecule has 1 aromatic heterocycles. The molecule has 6 heteroatoms. The van der Waals surface area contributed by atoms with Gasteiger partial charge in [0.05, 0.1) is 13.7 Å². The summed E-state index contributed by atoms with van der Waals surface area (Å²) in [6, 6.07) is 0. The van der Waals surface area contributed by atoms with E-state index in [1.807, 2.05) is 0 Å². The molecule has 92 valence electrons. The summed E-state index contributed by atoms with van der Waals surface area (Å²) in [5.41, 5.74) is 5.91. The SMILES string of the molecule is COC(=O)c1cnc(C2CCCOC2)nc1N. The van der Waals surface area contributed by atoms with Crippen LogP contribution in [-0.4, -0.2) is 36.3 Å². The molecular formula is C11H15N3O3. The van der Waals surface area contributed by atoms with Gasteiger partial charge < -0.3 is 15.2 Å². The van der Waals surface area contributed by atoms with E-state index in [1.54, 1.807) is 0 Å². The number of hydrogen-bond acceptors (Lipinski definition) is 6. The number of aromatic nitrogens is 2. The van der Waals surface area contributed by atoms with Crippen LogP contribution in [0, 0.1) is 0 Å². The van der Waals surface area contributed by atoms with Crippen molar-refractivity contribution in [1.82, 2.24) is 9.97 Å². The van der Waals surface area contributed by atoms with E-state index in [2.05, 4.69) is 14.7 Å². The molecule has 0 aromatic carbocycles. The van der Waals surface area contributed by atoms with Crippen LogP contribution in [0.15, 0.2) is 6.20 Å². The predicted octanol–water partition coefficient (Wildman–Crippen LogP) is 0.739. The molecule has 1 atom stereocenters. The van der Waals surface area contributed by atoms with E-state index < -0.39 is 5.97 Å². The second-order valence-corrected chi connectivity index (χ2v) is 3.93. The Labute approximate surface area is 99.1 Å². The average molecular weight is 237 g/mol. The number of esters is 1. The Morgan fingerprint density at radius 3 is 3.06 bits per heavy atom.